The van der Waals surface area contributed by atoms with E-state index in [-0.39, 0.29) is 13.2 Å². The summed E-state index contributed by atoms with van der Waals surface area (Å²) in [6.07, 6.45) is 3.65. The molecule has 0 saturated carbocycles. The van der Waals surface area contributed by atoms with Crippen LogP contribution in [0.3, 0.4) is 0 Å². The van der Waals surface area contributed by atoms with Crippen molar-refractivity contribution >= 4 is 0 Å². The Morgan fingerprint density at radius 2 is 1.67 bits per heavy atom. The van der Waals surface area contributed by atoms with Crippen molar-refractivity contribution in [3.05, 3.63) is 35.9 Å². The molecule has 1 unspecified atom stereocenters. The van der Waals surface area contributed by atoms with E-state index in [4.69, 9.17) is 10.2 Å². The zero-order valence-electron chi connectivity index (χ0n) is 9.10. The van der Waals surface area contributed by atoms with Crippen LogP contribution in [-0.2, 0) is 6.42 Å². The zero-order chi connectivity index (χ0) is 10.9. The van der Waals surface area contributed by atoms with Gasteiger partial charge in [-0.3, -0.25) is 0 Å². The fourth-order valence-corrected chi connectivity index (χ4v) is 1.86. The molecule has 1 aromatic carbocycles. The Balaban J connectivity index is 2.43. The van der Waals surface area contributed by atoms with E-state index < -0.39 is 0 Å². The molecule has 0 aliphatic heterocycles. The van der Waals surface area contributed by atoms with Gasteiger partial charge in [0.25, 0.3) is 0 Å². The molecule has 2 N–H and O–H groups in total. The van der Waals surface area contributed by atoms with Gasteiger partial charge in [0.15, 0.2) is 0 Å². The summed E-state index contributed by atoms with van der Waals surface area (Å²) in [6, 6.07) is 10.3. The monoisotopic (exact) mass is 208 g/mol. The van der Waals surface area contributed by atoms with E-state index in [0.717, 1.165) is 25.7 Å². The van der Waals surface area contributed by atoms with Crippen molar-refractivity contribution in [2.45, 2.75) is 25.7 Å². The summed E-state index contributed by atoms with van der Waals surface area (Å²) in [5, 5.41) is 17.7. The average Bonchev–Trinajstić information content (AvgIpc) is 2.28. The van der Waals surface area contributed by atoms with Gasteiger partial charge in [0.1, 0.15) is 0 Å². The molecule has 0 bridgehead atoms. The largest absolute Gasteiger partial charge is 0.396 e. The minimum absolute atomic E-state index is 0.239. The van der Waals surface area contributed by atoms with Crippen LogP contribution in [-0.4, -0.2) is 23.4 Å². The summed E-state index contributed by atoms with van der Waals surface area (Å²) >= 11 is 0. The molecule has 84 valence electrons. The van der Waals surface area contributed by atoms with Gasteiger partial charge in [-0.15, -0.1) is 0 Å². The van der Waals surface area contributed by atoms with E-state index in [1.54, 1.807) is 0 Å². The smallest absolute Gasteiger partial charge is 0.0433 e. The van der Waals surface area contributed by atoms with Crippen molar-refractivity contribution in [3.8, 4) is 0 Å². The molecule has 0 aliphatic rings. The highest BCUT2D eigenvalue weighted by molar-refractivity contribution is 5.15. The van der Waals surface area contributed by atoms with Crippen LogP contribution in [0.15, 0.2) is 30.3 Å². The van der Waals surface area contributed by atoms with Gasteiger partial charge in [0.2, 0.25) is 0 Å². The summed E-state index contributed by atoms with van der Waals surface area (Å²) in [7, 11) is 0. The number of aliphatic hydroxyl groups excluding tert-OH is 2. The van der Waals surface area contributed by atoms with Crippen LogP contribution in [0.2, 0.25) is 0 Å². The molecule has 0 heterocycles. The van der Waals surface area contributed by atoms with E-state index in [0.29, 0.717) is 5.92 Å². The molecule has 0 aromatic heterocycles. The first-order chi connectivity index (χ1) is 7.36. The third kappa shape index (κ3) is 4.96. The summed E-state index contributed by atoms with van der Waals surface area (Å²) in [5.74, 6) is 0.490. The SMILES string of the molecule is OCCCC(CCO)Cc1ccccc1. The van der Waals surface area contributed by atoms with Crippen molar-refractivity contribution in [3.63, 3.8) is 0 Å². The minimum atomic E-state index is 0.239. The third-order valence-electron chi connectivity index (χ3n) is 2.68. The lowest BCUT2D eigenvalue weighted by atomic mass is 9.92. The highest BCUT2D eigenvalue weighted by Crippen LogP contribution is 2.17. The first kappa shape index (κ1) is 12.2. The zero-order valence-corrected chi connectivity index (χ0v) is 9.10. The van der Waals surface area contributed by atoms with E-state index in [1.165, 1.54) is 5.56 Å². The van der Waals surface area contributed by atoms with Crippen molar-refractivity contribution in [1.82, 2.24) is 0 Å². The topological polar surface area (TPSA) is 40.5 Å². The molecule has 1 rings (SSSR count). The molecular weight excluding hydrogens is 188 g/mol. The van der Waals surface area contributed by atoms with Gasteiger partial charge in [-0.25, -0.2) is 0 Å². The summed E-state index contributed by atoms with van der Waals surface area (Å²) in [5.41, 5.74) is 1.31. The Morgan fingerprint density at radius 1 is 0.933 bits per heavy atom. The van der Waals surface area contributed by atoms with Gasteiger partial charge in [0, 0.05) is 13.2 Å². The fourth-order valence-electron chi connectivity index (χ4n) is 1.86. The second-order valence-corrected chi connectivity index (χ2v) is 3.93. The van der Waals surface area contributed by atoms with E-state index in [1.807, 2.05) is 18.2 Å². The summed E-state index contributed by atoms with van der Waals surface area (Å²) in [4.78, 5) is 0. The Hall–Kier alpha value is -0.860. The Labute approximate surface area is 91.6 Å². The van der Waals surface area contributed by atoms with Gasteiger partial charge in [0.05, 0.1) is 0 Å². The van der Waals surface area contributed by atoms with Crippen molar-refractivity contribution in [2.24, 2.45) is 5.92 Å². The molecule has 1 aromatic rings. The number of hydrogen-bond donors (Lipinski definition) is 2. The predicted octanol–water partition coefficient (Wildman–Crippen LogP) is 2.00. The predicted molar refractivity (Wildman–Crippen MR) is 61.7 cm³/mol. The third-order valence-corrected chi connectivity index (χ3v) is 2.68. The van der Waals surface area contributed by atoms with Crippen LogP contribution in [0, 0.1) is 5.92 Å². The molecular formula is C13H20O2. The molecule has 0 spiro atoms. The van der Waals surface area contributed by atoms with E-state index in [2.05, 4.69) is 12.1 Å². The average molecular weight is 208 g/mol. The van der Waals surface area contributed by atoms with Crippen molar-refractivity contribution < 1.29 is 10.2 Å². The second-order valence-electron chi connectivity index (χ2n) is 3.93. The molecule has 2 nitrogen and oxygen atoms in total. The van der Waals surface area contributed by atoms with Gasteiger partial charge in [-0.05, 0) is 37.2 Å². The normalized spacial score (nSPS) is 12.7. The molecule has 0 saturated heterocycles. The number of benzene rings is 1. The number of hydrogen-bond acceptors (Lipinski definition) is 2. The molecule has 0 fully saturated rings. The molecule has 2 heteroatoms. The fraction of sp³-hybridized carbons (Fsp3) is 0.538. The maximum atomic E-state index is 8.95. The van der Waals surface area contributed by atoms with Gasteiger partial charge in [-0.2, -0.15) is 0 Å². The lowest BCUT2D eigenvalue weighted by molar-refractivity contribution is 0.231. The number of rotatable bonds is 7. The van der Waals surface area contributed by atoms with Crippen LogP contribution in [0.1, 0.15) is 24.8 Å². The van der Waals surface area contributed by atoms with Gasteiger partial charge < -0.3 is 10.2 Å². The van der Waals surface area contributed by atoms with Gasteiger partial charge >= 0.3 is 0 Å². The van der Waals surface area contributed by atoms with Crippen LogP contribution < -0.4 is 0 Å². The van der Waals surface area contributed by atoms with E-state index >= 15 is 0 Å². The first-order valence-electron chi connectivity index (χ1n) is 5.62. The molecule has 1 atom stereocenters. The highest BCUT2D eigenvalue weighted by atomic mass is 16.3. The van der Waals surface area contributed by atoms with Crippen molar-refractivity contribution in [1.29, 1.82) is 0 Å². The van der Waals surface area contributed by atoms with Crippen LogP contribution in [0.25, 0.3) is 0 Å². The Kier molecular flexibility index (Phi) is 6.05. The number of aliphatic hydroxyl groups is 2. The molecule has 0 radical (unpaired) electrons. The summed E-state index contributed by atoms with van der Waals surface area (Å²) < 4.78 is 0. The van der Waals surface area contributed by atoms with Crippen LogP contribution in [0.5, 0.6) is 0 Å². The molecule has 0 aliphatic carbocycles. The Morgan fingerprint density at radius 3 is 2.27 bits per heavy atom. The standard InChI is InChI=1S/C13H20O2/c14-9-4-7-13(8-10-15)11-12-5-2-1-3-6-12/h1-3,5-6,13-15H,4,7-11H2. The quantitative estimate of drug-likeness (QED) is 0.719. The lowest BCUT2D eigenvalue weighted by Crippen LogP contribution is -2.08. The second kappa shape index (κ2) is 7.43. The van der Waals surface area contributed by atoms with Crippen LogP contribution in [0.4, 0.5) is 0 Å². The minimum Gasteiger partial charge on any atom is -0.396 e. The summed E-state index contributed by atoms with van der Waals surface area (Å²) in [6.45, 7) is 0.486. The lowest BCUT2D eigenvalue weighted by Gasteiger charge is -2.15. The Bertz CT molecular complexity index is 246. The van der Waals surface area contributed by atoms with Crippen LogP contribution >= 0.6 is 0 Å². The first-order valence-corrected chi connectivity index (χ1v) is 5.62. The maximum Gasteiger partial charge on any atom is 0.0433 e. The van der Waals surface area contributed by atoms with Crippen molar-refractivity contribution in [2.75, 3.05) is 13.2 Å². The van der Waals surface area contributed by atoms with E-state index in [9.17, 15) is 0 Å². The highest BCUT2D eigenvalue weighted by Gasteiger charge is 2.08. The molecule has 0 amide bonds. The maximum absolute atomic E-state index is 8.95. The van der Waals surface area contributed by atoms with Gasteiger partial charge in [-0.1, -0.05) is 30.3 Å². The molecule has 15 heavy (non-hydrogen) atoms.